The number of aliphatic hydroxyl groups is 1. The number of pyridine rings is 1. The van der Waals surface area contributed by atoms with Crippen LogP contribution in [0.3, 0.4) is 0 Å². The van der Waals surface area contributed by atoms with Gasteiger partial charge in [0.2, 0.25) is 5.95 Å². The monoisotopic (exact) mass is 556 g/mol. The summed E-state index contributed by atoms with van der Waals surface area (Å²) in [6, 6.07) is 8.02. The summed E-state index contributed by atoms with van der Waals surface area (Å²) in [4.78, 5) is 17.5. The van der Waals surface area contributed by atoms with Crippen LogP contribution in [0, 0.1) is 5.92 Å². The lowest BCUT2D eigenvalue weighted by atomic mass is 9.92. The molecule has 39 heavy (non-hydrogen) atoms. The average Bonchev–Trinajstić information content (AvgIpc) is 2.87. The molecule has 4 heterocycles. The minimum absolute atomic E-state index is 0.0347. The third-order valence-electron chi connectivity index (χ3n) is 7.89. The second kappa shape index (κ2) is 10.5. The van der Waals surface area contributed by atoms with E-state index in [1.165, 1.54) is 12.5 Å². The highest BCUT2D eigenvalue weighted by Crippen LogP contribution is 2.37. The van der Waals surface area contributed by atoms with Gasteiger partial charge in [-0.3, -0.25) is 0 Å². The zero-order valence-electron chi connectivity index (χ0n) is 22.9. The molecule has 9 nitrogen and oxygen atoms in total. The van der Waals surface area contributed by atoms with Crippen LogP contribution in [0.15, 0.2) is 36.7 Å². The van der Waals surface area contributed by atoms with E-state index in [0.29, 0.717) is 49.6 Å². The van der Waals surface area contributed by atoms with Crippen LogP contribution in [-0.4, -0.2) is 77.9 Å². The molecule has 0 aliphatic carbocycles. The molecule has 2 saturated heterocycles. The van der Waals surface area contributed by atoms with Crippen molar-refractivity contribution in [1.82, 2.24) is 15.0 Å². The predicted octanol–water partition coefficient (Wildman–Crippen LogP) is 4.06. The molecule has 1 aromatic carbocycles. The number of sulfone groups is 1. The van der Waals surface area contributed by atoms with E-state index in [1.54, 1.807) is 24.1 Å². The highest BCUT2D eigenvalue weighted by atomic mass is 32.2. The lowest BCUT2D eigenvalue weighted by Crippen LogP contribution is -2.52. The Kier molecular flexibility index (Phi) is 7.41. The molecule has 0 saturated carbocycles. The van der Waals surface area contributed by atoms with Crippen LogP contribution in [0.2, 0.25) is 0 Å². The highest BCUT2D eigenvalue weighted by Gasteiger charge is 2.38. The second-order valence-corrected chi connectivity index (χ2v) is 13.7. The maximum atomic E-state index is 14.4. The van der Waals surface area contributed by atoms with E-state index < -0.39 is 21.6 Å². The van der Waals surface area contributed by atoms with E-state index in [9.17, 15) is 17.9 Å². The topological polar surface area (TPSA) is 112 Å². The van der Waals surface area contributed by atoms with Gasteiger partial charge >= 0.3 is 0 Å². The van der Waals surface area contributed by atoms with Crippen molar-refractivity contribution in [3.63, 3.8) is 0 Å². The van der Waals surface area contributed by atoms with Crippen LogP contribution in [-0.2, 0) is 9.84 Å². The predicted molar refractivity (Wildman–Crippen MR) is 154 cm³/mol. The molecule has 2 atom stereocenters. The van der Waals surface area contributed by atoms with Crippen molar-refractivity contribution < 1.29 is 17.9 Å². The Morgan fingerprint density at radius 2 is 1.90 bits per heavy atom. The molecule has 2 aliphatic heterocycles. The number of hydrogen-bond donors (Lipinski definition) is 2. The van der Waals surface area contributed by atoms with Crippen LogP contribution in [0.1, 0.15) is 45.6 Å². The number of hydrogen-bond acceptors (Lipinski definition) is 9. The molecule has 210 valence electrons. The first kappa shape index (κ1) is 27.5. The Labute approximate surface area is 229 Å². The van der Waals surface area contributed by atoms with Crippen molar-refractivity contribution in [3.8, 4) is 0 Å². The van der Waals surface area contributed by atoms with Gasteiger partial charge in [0.1, 0.15) is 27.6 Å². The Balaban J connectivity index is 1.37. The van der Waals surface area contributed by atoms with Gasteiger partial charge in [0.25, 0.3) is 0 Å². The van der Waals surface area contributed by atoms with Crippen LogP contribution in [0.4, 0.5) is 27.7 Å². The van der Waals surface area contributed by atoms with Crippen molar-refractivity contribution >= 4 is 43.9 Å². The van der Waals surface area contributed by atoms with E-state index in [-0.39, 0.29) is 24.0 Å². The second-order valence-electron chi connectivity index (χ2n) is 11.3. The van der Waals surface area contributed by atoms with Gasteiger partial charge in [-0.25, -0.2) is 22.8 Å². The summed E-state index contributed by atoms with van der Waals surface area (Å²) in [7, 11) is -2.99. The fraction of sp³-hybridized carbons (Fsp3) is 0.536. The standard InChI is InChI=1S/C28H37FN6O3S/c1-5-39(37,38)17-19-14-35(15-19)23-7-6-20(18(2)3)21-12-26(31-13-22(21)23)32-25-8-10-30-27(33-25)34-11-9-28(4,36)24(29)16-34/h6-8,10,12-13,18-19,24,36H,5,9,11,14-17H2,1-4H3,(H,30,31,32,33)/t24-,28+/m0/s1. The molecular weight excluding hydrogens is 519 g/mol. The van der Waals surface area contributed by atoms with Crippen LogP contribution in [0.25, 0.3) is 10.8 Å². The van der Waals surface area contributed by atoms with Crippen LogP contribution < -0.4 is 15.1 Å². The Bertz CT molecular complexity index is 1460. The number of nitrogens with one attached hydrogen (secondary N) is 1. The molecule has 11 heteroatoms. The lowest BCUT2D eigenvalue weighted by molar-refractivity contribution is -0.0332. The number of benzene rings is 1. The Morgan fingerprint density at radius 3 is 2.59 bits per heavy atom. The van der Waals surface area contributed by atoms with Crippen molar-refractivity contribution in [1.29, 1.82) is 0 Å². The molecule has 2 fully saturated rings. The molecule has 3 aromatic rings. The van der Waals surface area contributed by atoms with Gasteiger partial charge in [0, 0.05) is 54.8 Å². The zero-order chi connectivity index (χ0) is 27.9. The molecule has 0 spiro atoms. The van der Waals surface area contributed by atoms with Gasteiger partial charge in [-0.2, -0.15) is 4.98 Å². The van der Waals surface area contributed by atoms with Crippen molar-refractivity contribution in [2.75, 3.05) is 52.8 Å². The highest BCUT2D eigenvalue weighted by molar-refractivity contribution is 7.91. The van der Waals surface area contributed by atoms with Gasteiger partial charge in [-0.1, -0.05) is 26.8 Å². The summed E-state index contributed by atoms with van der Waals surface area (Å²) in [5, 5.41) is 15.5. The Hall–Kier alpha value is -3.05. The molecule has 2 aliphatic rings. The lowest BCUT2D eigenvalue weighted by Gasteiger charge is -2.41. The summed E-state index contributed by atoms with van der Waals surface area (Å²) in [6.07, 6.45) is 2.41. The van der Waals surface area contributed by atoms with Crippen molar-refractivity contribution in [2.24, 2.45) is 5.92 Å². The number of anilines is 4. The van der Waals surface area contributed by atoms with Crippen LogP contribution in [0.5, 0.6) is 0 Å². The summed E-state index contributed by atoms with van der Waals surface area (Å²) >= 11 is 0. The summed E-state index contributed by atoms with van der Waals surface area (Å²) < 4.78 is 38.5. The zero-order valence-corrected chi connectivity index (χ0v) is 23.7. The normalized spacial score (nSPS) is 22.4. The number of rotatable bonds is 8. The molecular formula is C28H37FN6O3S. The number of fused-ring (bicyclic) bond motifs is 1. The molecule has 5 rings (SSSR count). The molecule has 0 radical (unpaired) electrons. The minimum atomic E-state index is -2.99. The van der Waals surface area contributed by atoms with E-state index in [4.69, 9.17) is 0 Å². The first-order chi connectivity index (χ1) is 18.5. The van der Waals surface area contributed by atoms with Crippen LogP contribution >= 0.6 is 0 Å². The molecule has 0 amide bonds. The van der Waals surface area contributed by atoms with Crippen molar-refractivity contribution in [3.05, 3.63) is 42.2 Å². The first-order valence-electron chi connectivity index (χ1n) is 13.5. The van der Waals surface area contributed by atoms with E-state index >= 15 is 0 Å². The Morgan fingerprint density at radius 1 is 1.13 bits per heavy atom. The number of aromatic nitrogens is 3. The van der Waals surface area contributed by atoms with Gasteiger partial charge in [0.05, 0.1) is 17.9 Å². The molecule has 0 unspecified atom stereocenters. The largest absolute Gasteiger partial charge is 0.387 e. The van der Waals surface area contributed by atoms with E-state index in [1.807, 2.05) is 12.3 Å². The number of halogens is 1. The molecule has 2 N–H and O–H groups in total. The summed E-state index contributed by atoms with van der Waals surface area (Å²) in [5.74, 6) is 2.44. The number of alkyl halides is 1. The maximum absolute atomic E-state index is 14.4. The van der Waals surface area contributed by atoms with Gasteiger partial charge in [0.15, 0.2) is 0 Å². The smallest absolute Gasteiger partial charge is 0.227 e. The fourth-order valence-corrected chi connectivity index (χ4v) is 6.49. The van der Waals surface area contributed by atoms with E-state index in [2.05, 4.69) is 51.1 Å². The van der Waals surface area contributed by atoms with Gasteiger partial charge < -0.3 is 20.2 Å². The third kappa shape index (κ3) is 5.79. The average molecular weight is 557 g/mol. The van der Waals surface area contributed by atoms with Gasteiger partial charge in [-0.05, 0) is 48.4 Å². The molecule has 0 bridgehead atoms. The maximum Gasteiger partial charge on any atom is 0.227 e. The summed E-state index contributed by atoms with van der Waals surface area (Å²) in [6.45, 7) is 9.45. The summed E-state index contributed by atoms with van der Waals surface area (Å²) in [5.41, 5.74) is 0.922. The minimum Gasteiger partial charge on any atom is -0.387 e. The molecule has 2 aromatic heterocycles. The first-order valence-corrected chi connectivity index (χ1v) is 15.4. The van der Waals surface area contributed by atoms with Gasteiger partial charge in [-0.15, -0.1) is 0 Å². The van der Waals surface area contributed by atoms with E-state index in [0.717, 1.165) is 16.5 Å². The number of nitrogens with zero attached hydrogens (tertiary/aromatic N) is 5. The quantitative estimate of drug-likeness (QED) is 0.424. The SMILES string of the molecule is CCS(=O)(=O)CC1CN(c2ccc(C(C)C)c3cc(Nc4ccnc(N5CC[C@@](C)(O)[C@@H](F)C5)n4)ncc23)C1. The fourth-order valence-electron chi connectivity index (χ4n) is 5.33. The van der Waals surface area contributed by atoms with Crippen molar-refractivity contribution in [2.45, 2.75) is 51.8 Å². The number of piperidine rings is 1. The third-order valence-corrected chi connectivity index (χ3v) is 9.75.